The lowest BCUT2D eigenvalue weighted by Crippen LogP contribution is -2.48. The summed E-state index contributed by atoms with van der Waals surface area (Å²) in [5.41, 5.74) is 13.2. The fourth-order valence-corrected chi connectivity index (χ4v) is 3.90. The van der Waals surface area contributed by atoms with E-state index < -0.39 is 0 Å². The molecule has 1 aromatic carbocycles. The summed E-state index contributed by atoms with van der Waals surface area (Å²) < 4.78 is 0.881. The SMILES string of the molecule is NC(=O)c1cc(Br)ccc1N1C2CCC1CC(N)C2. The third kappa shape index (κ3) is 2.25. The Balaban J connectivity index is 2.01. The summed E-state index contributed by atoms with van der Waals surface area (Å²) in [7, 11) is 0. The third-order valence-electron chi connectivity index (χ3n) is 4.27. The van der Waals surface area contributed by atoms with Gasteiger partial charge in [-0.15, -0.1) is 0 Å². The number of halogens is 1. The first-order valence-corrected chi connectivity index (χ1v) is 7.49. The number of carbonyl (C=O) groups is 1. The van der Waals surface area contributed by atoms with E-state index >= 15 is 0 Å². The molecule has 0 aliphatic carbocycles. The minimum Gasteiger partial charge on any atom is -0.366 e. The molecule has 2 aliphatic heterocycles. The van der Waals surface area contributed by atoms with Gasteiger partial charge in [0.2, 0.25) is 0 Å². The molecule has 0 aromatic heterocycles. The van der Waals surface area contributed by atoms with Crippen molar-refractivity contribution in [3.63, 3.8) is 0 Å². The van der Waals surface area contributed by atoms with Gasteiger partial charge >= 0.3 is 0 Å². The molecule has 1 amide bonds. The Morgan fingerprint density at radius 3 is 2.47 bits per heavy atom. The van der Waals surface area contributed by atoms with Crippen molar-refractivity contribution in [2.45, 2.75) is 43.8 Å². The van der Waals surface area contributed by atoms with Crippen LogP contribution in [0.25, 0.3) is 0 Å². The lowest BCUT2D eigenvalue weighted by molar-refractivity contribution is 0.100. The van der Waals surface area contributed by atoms with Crippen molar-refractivity contribution < 1.29 is 4.79 Å². The standard InChI is InChI=1S/C14H18BrN3O/c15-8-1-4-13(12(5-8)14(17)19)18-10-2-3-11(18)7-9(16)6-10/h1,4-5,9-11H,2-3,6-7,16H2,(H2,17,19). The van der Waals surface area contributed by atoms with Crippen LogP contribution in [-0.4, -0.2) is 24.0 Å². The Morgan fingerprint density at radius 2 is 1.89 bits per heavy atom. The van der Waals surface area contributed by atoms with E-state index in [0.29, 0.717) is 23.7 Å². The van der Waals surface area contributed by atoms with E-state index in [1.54, 1.807) is 0 Å². The average Bonchev–Trinajstić information content (AvgIpc) is 2.62. The maximum Gasteiger partial charge on any atom is 0.250 e. The Bertz CT molecular complexity index is 505. The van der Waals surface area contributed by atoms with Crippen molar-refractivity contribution in [3.8, 4) is 0 Å². The fourth-order valence-electron chi connectivity index (χ4n) is 3.54. The van der Waals surface area contributed by atoms with E-state index in [1.807, 2.05) is 18.2 Å². The van der Waals surface area contributed by atoms with Gasteiger partial charge in [-0.2, -0.15) is 0 Å². The van der Waals surface area contributed by atoms with Crippen LogP contribution in [0.5, 0.6) is 0 Å². The second kappa shape index (κ2) is 4.80. The lowest BCUT2D eigenvalue weighted by Gasteiger charge is -2.40. The first kappa shape index (κ1) is 12.9. The van der Waals surface area contributed by atoms with Gasteiger partial charge in [0.25, 0.3) is 5.91 Å². The summed E-state index contributed by atoms with van der Waals surface area (Å²) in [6.45, 7) is 0. The number of piperidine rings is 1. The molecule has 2 atom stereocenters. The van der Waals surface area contributed by atoms with Gasteiger partial charge in [0, 0.05) is 22.6 Å². The molecular formula is C14H18BrN3O. The van der Waals surface area contributed by atoms with Gasteiger partial charge in [-0.1, -0.05) is 15.9 Å². The molecule has 19 heavy (non-hydrogen) atoms. The van der Waals surface area contributed by atoms with Crippen molar-refractivity contribution in [2.24, 2.45) is 11.5 Å². The van der Waals surface area contributed by atoms with E-state index in [0.717, 1.165) is 35.8 Å². The number of rotatable bonds is 2. The van der Waals surface area contributed by atoms with E-state index in [-0.39, 0.29) is 5.91 Å². The number of nitrogens with two attached hydrogens (primary N) is 2. The summed E-state index contributed by atoms with van der Waals surface area (Å²) in [6.07, 6.45) is 4.33. The predicted octanol–water partition coefficient (Wildman–Crippen LogP) is 2.01. The Labute approximate surface area is 121 Å². The molecule has 1 aromatic rings. The number of fused-ring (bicyclic) bond motifs is 2. The minimum atomic E-state index is -0.370. The van der Waals surface area contributed by atoms with E-state index in [1.165, 1.54) is 0 Å². The highest BCUT2D eigenvalue weighted by Crippen LogP contribution is 2.40. The van der Waals surface area contributed by atoms with Gasteiger partial charge < -0.3 is 16.4 Å². The molecule has 2 aliphatic rings. The van der Waals surface area contributed by atoms with Crippen molar-refractivity contribution in [3.05, 3.63) is 28.2 Å². The van der Waals surface area contributed by atoms with E-state index in [4.69, 9.17) is 11.5 Å². The molecule has 102 valence electrons. The minimum absolute atomic E-state index is 0.293. The van der Waals surface area contributed by atoms with Crippen LogP contribution in [0, 0.1) is 0 Å². The summed E-state index contributed by atoms with van der Waals surface area (Å²) in [5, 5.41) is 0. The number of benzene rings is 1. The van der Waals surface area contributed by atoms with Crippen LogP contribution in [-0.2, 0) is 0 Å². The zero-order chi connectivity index (χ0) is 13.6. The van der Waals surface area contributed by atoms with Gasteiger partial charge in [-0.3, -0.25) is 4.79 Å². The fraction of sp³-hybridized carbons (Fsp3) is 0.500. The second-order valence-corrected chi connectivity index (χ2v) is 6.47. The molecule has 4 nitrogen and oxygen atoms in total. The summed E-state index contributed by atoms with van der Waals surface area (Å²) in [4.78, 5) is 14.0. The maximum absolute atomic E-state index is 11.7. The average molecular weight is 324 g/mol. The smallest absolute Gasteiger partial charge is 0.250 e. The van der Waals surface area contributed by atoms with Gasteiger partial charge in [0.15, 0.2) is 0 Å². The number of anilines is 1. The molecule has 0 spiro atoms. The molecule has 2 heterocycles. The number of carbonyl (C=O) groups excluding carboxylic acids is 1. The molecule has 5 heteroatoms. The molecule has 2 bridgehead atoms. The van der Waals surface area contributed by atoms with Crippen molar-refractivity contribution in [2.75, 3.05) is 4.90 Å². The number of primary amides is 1. The van der Waals surface area contributed by atoms with Crippen LogP contribution in [0.2, 0.25) is 0 Å². The van der Waals surface area contributed by atoms with Gasteiger partial charge in [-0.25, -0.2) is 0 Å². The topological polar surface area (TPSA) is 72.4 Å². The quantitative estimate of drug-likeness (QED) is 0.874. The molecule has 0 saturated carbocycles. The largest absolute Gasteiger partial charge is 0.366 e. The number of hydrogen-bond donors (Lipinski definition) is 2. The second-order valence-electron chi connectivity index (χ2n) is 5.55. The first-order chi connectivity index (χ1) is 9.06. The van der Waals surface area contributed by atoms with Gasteiger partial charge in [0.1, 0.15) is 0 Å². The van der Waals surface area contributed by atoms with Crippen LogP contribution in [0.1, 0.15) is 36.0 Å². The third-order valence-corrected chi connectivity index (χ3v) is 4.77. The van der Waals surface area contributed by atoms with Gasteiger partial charge in [0.05, 0.1) is 11.3 Å². The number of nitrogens with zero attached hydrogens (tertiary/aromatic N) is 1. The highest BCUT2D eigenvalue weighted by atomic mass is 79.9. The predicted molar refractivity (Wildman–Crippen MR) is 79.2 cm³/mol. The zero-order valence-electron chi connectivity index (χ0n) is 10.7. The van der Waals surface area contributed by atoms with E-state index in [9.17, 15) is 4.79 Å². The summed E-state index contributed by atoms with van der Waals surface area (Å²) in [5.74, 6) is -0.370. The van der Waals surface area contributed by atoms with Crippen LogP contribution in [0.15, 0.2) is 22.7 Å². The van der Waals surface area contributed by atoms with Crippen molar-refractivity contribution in [1.82, 2.24) is 0 Å². The lowest BCUT2D eigenvalue weighted by atomic mass is 9.96. The van der Waals surface area contributed by atoms with Crippen LogP contribution in [0.4, 0.5) is 5.69 Å². The van der Waals surface area contributed by atoms with Crippen LogP contribution in [0.3, 0.4) is 0 Å². The number of amides is 1. The van der Waals surface area contributed by atoms with E-state index in [2.05, 4.69) is 20.8 Å². The molecule has 2 fully saturated rings. The summed E-state index contributed by atoms with van der Waals surface area (Å²) in [6, 6.07) is 6.97. The molecule has 2 unspecified atom stereocenters. The molecule has 0 radical (unpaired) electrons. The highest BCUT2D eigenvalue weighted by molar-refractivity contribution is 9.10. The highest BCUT2D eigenvalue weighted by Gasteiger charge is 2.40. The van der Waals surface area contributed by atoms with Crippen LogP contribution >= 0.6 is 15.9 Å². The Morgan fingerprint density at radius 1 is 1.26 bits per heavy atom. The zero-order valence-corrected chi connectivity index (χ0v) is 12.3. The Hall–Kier alpha value is -1.07. The normalized spacial score (nSPS) is 29.6. The number of hydrogen-bond acceptors (Lipinski definition) is 3. The first-order valence-electron chi connectivity index (χ1n) is 6.69. The molecule has 2 saturated heterocycles. The molecular weight excluding hydrogens is 306 g/mol. The Kier molecular flexibility index (Phi) is 3.27. The van der Waals surface area contributed by atoms with Crippen molar-refractivity contribution in [1.29, 1.82) is 0 Å². The molecule has 4 N–H and O–H groups in total. The van der Waals surface area contributed by atoms with Crippen LogP contribution < -0.4 is 16.4 Å². The molecule has 3 rings (SSSR count). The van der Waals surface area contributed by atoms with Crippen molar-refractivity contribution >= 4 is 27.5 Å². The summed E-state index contributed by atoms with van der Waals surface area (Å²) >= 11 is 3.40. The maximum atomic E-state index is 11.7. The van der Waals surface area contributed by atoms with Gasteiger partial charge in [-0.05, 0) is 43.9 Å². The monoisotopic (exact) mass is 323 g/mol.